The van der Waals surface area contributed by atoms with Crippen molar-refractivity contribution in [2.75, 3.05) is 13.1 Å². The van der Waals surface area contributed by atoms with E-state index in [4.69, 9.17) is 5.73 Å². The lowest BCUT2D eigenvalue weighted by Crippen LogP contribution is -2.53. The highest BCUT2D eigenvalue weighted by Crippen LogP contribution is 2.25. The van der Waals surface area contributed by atoms with E-state index in [9.17, 15) is 0 Å². The van der Waals surface area contributed by atoms with Crippen molar-refractivity contribution in [2.45, 2.75) is 72.5 Å². The van der Waals surface area contributed by atoms with Crippen LogP contribution in [0, 0.1) is 6.92 Å². The Bertz CT molecular complexity index is 385. The number of aryl methyl sites for hydroxylation is 2. The molecule has 1 heterocycles. The van der Waals surface area contributed by atoms with Crippen molar-refractivity contribution in [1.82, 2.24) is 14.7 Å². The second-order valence-corrected chi connectivity index (χ2v) is 5.65. The molecule has 0 aliphatic carbocycles. The third kappa shape index (κ3) is 3.61. The summed E-state index contributed by atoms with van der Waals surface area (Å²) < 4.78 is 2.12. The number of hydrogen-bond donors (Lipinski definition) is 1. The molecule has 0 atom stereocenters. The Morgan fingerprint density at radius 3 is 2.35 bits per heavy atom. The maximum atomic E-state index is 6.13. The van der Waals surface area contributed by atoms with Crippen LogP contribution in [0.3, 0.4) is 0 Å². The Morgan fingerprint density at radius 2 is 1.90 bits per heavy atom. The van der Waals surface area contributed by atoms with Gasteiger partial charge in [-0.05, 0) is 45.7 Å². The maximum absolute atomic E-state index is 6.13. The lowest BCUT2D eigenvalue weighted by molar-refractivity contribution is 0.0738. The van der Waals surface area contributed by atoms with E-state index in [0.717, 1.165) is 51.1 Å². The molecule has 0 amide bonds. The van der Waals surface area contributed by atoms with Crippen molar-refractivity contribution in [3.8, 4) is 0 Å². The van der Waals surface area contributed by atoms with Gasteiger partial charge in [0.15, 0.2) is 0 Å². The predicted octanol–water partition coefficient (Wildman–Crippen LogP) is 2.94. The molecule has 1 aromatic heterocycles. The van der Waals surface area contributed by atoms with E-state index in [1.54, 1.807) is 0 Å². The first kappa shape index (κ1) is 17.2. The summed E-state index contributed by atoms with van der Waals surface area (Å²) in [5, 5.41) is 4.56. The summed E-state index contributed by atoms with van der Waals surface area (Å²) in [6.45, 7) is 14.6. The van der Waals surface area contributed by atoms with Crippen LogP contribution in [-0.2, 0) is 13.1 Å². The van der Waals surface area contributed by atoms with Gasteiger partial charge in [-0.2, -0.15) is 5.10 Å². The average molecular weight is 280 g/mol. The molecule has 20 heavy (non-hydrogen) atoms. The summed E-state index contributed by atoms with van der Waals surface area (Å²) in [5.41, 5.74) is 8.65. The Morgan fingerprint density at radius 1 is 1.25 bits per heavy atom. The summed E-state index contributed by atoms with van der Waals surface area (Å²) >= 11 is 0. The highest BCUT2D eigenvalue weighted by atomic mass is 15.3. The quantitative estimate of drug-likeness (QED) is 0.756. The van der Waals surface area contributed by atoms with E-state index in [1.807, 2.05) is 0 Å². The summed E-state index contributed by atoms with van der Waals surface area (Å²) in [6.07, 6.45) is 3.35. The van der Waals surface area contributed by atoms with Crippen molar-refractivity contribution in [3.05, 3.63) is 17.5 Å². The second-order valence-electron chi connectivity index (χ2n) is 5.65. The van der Waals surface area contributed by atoms with Crippen LogP contribution in [-0.4, -0.2) is 33.3 Å². The number of aromatic nitrogens is 2. The zero-order valence-electron chi connectivity index (χ0n) is 13.9. The number of hydrogen-bond acceptors (Lipinski definition) is 3. The number of nitrogens with two attached hydrogens (primary N) is 1. The fourth-order valence-electron chi connectivity index (χ4n) is 3.06. The molecule has 0 aliphatic rings. The molecule has 0 spiro atoms. The fourth-order valence-corrected chi connectivity index (χ4v) is 3.06. The van der Waals surface area contributed by atoms with Crippen LogP contribution in [0.2, 0.25) is 0 Å². The highest BCUT2D eigenvalue weighted by Gasteiger charge is 2.32. The van der Waals surface area contributed by atoms with Gasteiger partial charge in [-0.1, -0.05) is 20.8 Å². The van der Waals surface area contributed by atoms with Crippen LogP contribution in [0.1, 0.15) is 58.3 Å². The van der Waals surface area contributed by atoms with Gasteiger partial charge in [0.25, 0.3) is 0 Å². The van der Waals surface area contributed by atoms with Crippen LogP contribution in [0.25, 0.3) is 0 Å². The maximum Gasteiger partial charge on any atom is 0.0597 e. The molecule has 0 saturated heterocycles. The third-order valence-electron chi connectivity index (χ3n) is 4.50. The van der Waals surface area contributed by atoms with Gasteiger partial charge >= 0.3 is 0 Å². The largest absolute Gasteiger partial charge is 0.329 e. The molecule has 0 aromatic carbocycles. The molecule has 0 aliphatic heterocycles. The lowest BCUT2D eigenvalue weighted by atomic mass is 9.90. The van der Waals surface area contributed by atoms with Crippen LogP contribution >= 0.6 is 0 Å². The van der Waals surface area contributed by atoms with Gasteiger partial charge in [-0.25, -0.2) is 0 Å². The Balaban J connectivity index is 3.01. The van der Waals surface area contributed by atoms with E-state index in [1.165, 1.54) is 5.69 Å². The molecule has 1 aromatic rings. The zero-order chi connectivity index (χ0) is 15.2. The predicted molar refractivity (Wildman–Crippen MR) is 85.7 cm³/mol. The van der Waals surface area contributed by atoms with Crippen molar-refractivity contribution >= 4 is 0 Å². The van der Waals surface area contributed by atoms with Crippen molar-refractivity contribution in [3.63, 3.8) is 0 Å². The minimum Gasteiger partial charge on any atom is -0.329 e. The van der Waals surface area contributed by atoms with Crippen LogP contribution < -0.4 is 5.73 Å². The van der Waals surface area contributed by atoms with Crippen molar-refractivity contribution < 1.29 is 0 Å². The summed E-state index contributed by atoms with van der Waals surface area (Å²) in [7, 11) is 0. The minimum absolute atomic E-state index is 0.118. The third-order valence-corrected chi connectivity index (χ3v) is 4.50. The molecule has 2 N–H and O–H groups in total. The monoisotopic (exact) mass is 280 g/mol. The molecule has 0 radical (unpaired) electrons. The van der Waals surface area contributed by atoms with Crippen LogP contribution in [0.15, 0.2) is 6.07 Å². The SMILES string of the molecule is CCCN(Cc1cc(C)nn1CC)C(CC)(CC)CN. The van der Waals surface area contributed by atoms with E-state index >= 15 is 0 Å². The zero-order valence-corrected chi connectivity index (χ0v) is 13.9. The summed E-state index contributed by atoms with van der Waals surface area (Å²) in [5.74, 6) is 0. The van der Waals surface area contributed by atoms with Gasteiger partial charge in [0.1, 0.15) is 0 Å². The molecule has 116 valence electrons. The lowest BCUT2D eigenvalue weighted by Gasteiger charge is -2.42. The Hall–Kier alpha value is -0.870. The number of nitrogens with zero attached hydrogens (tertiary/aromatic N) is 3. The van der Waals surface area contributed by atoms with Gasteiger partial charge < -0.3 is 5.73 Å². The molecule has 0 saturated carbocycles. The first-order chi connectivity index (χ1) is 9.56. The van der Waals surface area contributed by atoms with Crippen LogP contribution in [0.4, 0.5) is 0 Å². The molecular weight excluding hydrogens is 248 g/mol. The first-order valence-electron chi connectivity index (χ1n) is 8.05. The fraction of sp³-hybridized carbons (Fsp3) is 0.812. The van der Waals surface area contributed by atoms with Crippen LogP contribution in [0.5, 0.6) is 0 Å². The molecule has 0 fully saturated rings. The molecule has 0 bridgehead atoms. The van der Waals surface area contributed by atoms with Gasteiger partial charge in [0, 0.05) is 25.2 Å². The molecular formula is C16H32N4. The van der Waals surface area contributed by atoms with Gasteiger partial charge in [-0.3, -0.25) is 9.58 Å². The minimum atomic E-state index is 0.118. The van der Waals surface area contributed by atoms with E-state index in [0.29, 0.717) is 0 Å². The van der Waals surface area contributed by atoms with Crippen molar-refractivity contribution in [1.29, 1.82) is 0 Å². The molecule has 4 heteroatoms. The average Bonchev–Trinajstić information content (AvgIpc) is 2.81. The topological polar surface area (TPSA) is 47.1 Å². The van der Waals surface area contributed by atoms with E-state index in [-0.39, 0.29) is 5.54 Å². The normalized spacial score (nSPS) is 12.3. The van der Waals surface area contributed by atoms with Crippen molar-refractivity contribution in [2.24, 2.45) is 5.73 Å². The summed E-state index contributed by atoms with van der Waals surface area (Å²) in [4.78, 5) is 2.57. The first-order valence-corrected chi connectivity index (χ1v) is 8.05. The standard InChI is InChI=1S/C16H32N4/c1-6-10-19(16(7-2,8-3)13-17)12-15-11-14(5)18-20(15)9-4/h11H,6-10,12-13,17H2,1-5H3. The molecule has 4 nitrogen and oxygen atoms in total. The van der Waals surface area contributed by atoms with Gasteiger partial charge in [0.2, 0.25) is 0 Å². The van der Waals surface area contributed by atoms with E-state index < -0.39 is 0 Å². The molecule has 1 rings (SSSR count). The highest BCUT2D eigenvalue weighted by molar-refractivity contribution is 5.10. The van der Waals surface area contributed by atoms with Gasteiger partial charge in [0.05, 0.1) is 11.4 Å². The molecule has 0 unspecified atom stereocenters. The van der Waals surface area contributed by atoms with Gasteiger partial charge in [-0.15, -0.1) is 0 Å². The Labute approximate surface area is 124 Å². The smallest absolute Gasteiger partial charge is 0.0597 e. The second kappa shape index (κ2) is 7.79. The number of rotatable bonds is 9. The van der Waals surface area contributed by atoms with E-state index in [2.05, 4.69) is 55.4 Å². The summed E-state index contributed by atoms with van der Waals surface area (Å²) in [6, 6.07) is 2.21. The Kier molecular flexibility index (Phi) is 6.69.